The molecule has 0 saturated heterocycles. The molecule has 0 radical (unpaired) electrons. The lowest BCUT2D eigenvalue weighted by Crippen LogP contribution is -2.21. The van der Waals surface area contributed by atoms with E-state index < -0.39 is 0 Å². The highest BCUT2D eigenvalue weighted by molar-refractivity contribution is 7.16. The molecule has 0 aliphatic carbocycles. The van der Waals surface area contributed by atoms with E-state index in [9.17, 15) is 9.59 Å². The first-order valence-electron chi connectivity index (χ1n) is 5.92. The molecule has 1 atom stereocenters. The van der Waals surface area contributed by atoms with Gasteiger partial charge in [0.15, 0.2) is 0 Å². The first-order chi connectivity index (χ1) is 8.92. The van der Waals surface area contributed by atoms with Crippen LogP contribution in [0.25, 0.3) is 0 Å². The summed E-state index contributed by atoms with van der Waals surface area (Å²) in [6.07, 6.45) is 0. The van der Waals surface area contributed by atoms with Crippen molar-refractivity contribution in [1.29, 1.82) is 0 Å². The molecular weight excluding hydrogens is 266 g/mol. The molecule has 1 aromatic heterocycles. The zero-order chi connectivity index (χ0) is 14.6. The van der Waals surface area contributed by atoms with Crippen LogP contribution in [0.4, 0.5) is 5.00 Å². The molecule has 1 unspecified atom stereocenters. The Morgan fingerprint density at radius 1 is 1.26 bits per heavy atom. The zero-order valence-electron chi connectivity index (χ0n) is 11.8. The molecule has 0 amide bonds. The van der Waals surface area contributed by atoms with E-state index >= 15 is 0 Å². The maximum Gasteiger partial charge on any atom is 0.341 e. The Morgan fingerprint density at radius 3 is 2.42 bits per heavy atom. The Labute approximate surface area is 116 Å². The maximum absolute atomic E-state index is 11.8. The van der Waals surface area contributed by atoms with Gasteiger partial charge in [-0.25, -0.2) is 4.79 Å². The molecule has 0 aromatic carbocycles. The van der Waals surface area contributed by atoms with E-state index in [1.807, 2.05) is 13.8 Å². The molecule has 0 bridgehead atoms. The first-order valence-corrected chi connectivity index (χ1v) is 6.74. The van der Waals surface area contributed by atoms with Crippen LogP contribution in [0.3, 0.4) is 0 Å². The van der Waals surface area contributed by atoms with Crippen LogP contribution in [0.15, 0.2) is 0 Å². The second-order valence-corrected chi connectivity index (χ2v) is 5.51. The lowest BCUT2D eigenvalue weighted by Gasteiger charge is -2.11. The number of ether oxygens (including phenoxy) is 2. The average molecular weight is 285 g/mol. The Bertz CT molecular complexity index is 481. The van der Waals surface area contributed by atoms with E-state index in [2.05, 4.69) is 10.1 Å². The van der Waals surface area contributed by atoms with Gasteiger partial charge in [-0.2, -0.15) is 0 Å². The standard InChI is InChI=1S/C13H19NO4S/c1-7(12(15)17-4)6-14-11-10(13(16)18-5)8(2)9(3)19-11/h7,14H,6H2,1-5H3. The van der Waals surface area contributed by atoms with Crippen LogP contribution in [0, 0.1) is 19.8 Å². The van der Waals surface area contributed by atoms with Gasteiger partial charge in [0.05, 0.1) is 25.7 Å². The van der Waals surface area contributed by atoms with Gasteiger partial charge in [-0.15, -0.1) is 11.3 Å². The Balaban J connectivity index is 2.87. The van der Waals surface area contributed by atoms with Crippen molar-refractivity contribution in [2.45, 2.75) is 20.8 Å². The van der Waals surface area contributed by atoms with E-state index in [-0.39, 0.29) is 17.9 Å². The minimum Gasteiger partial charge on any atom is -0.469 e. The van der Waals surface area contributed by atoms with Gasteiger partial charge in [-0.3, -0.25) is 4.79 Å². The maximum atomic E-state index is 11.8. The third kappa shape index (κ3) is 3.47. The summed E-state index contributed by atoms with van der Waals surface area (Å²) >= 11 is 1.48. The highest BCUT2D eigenvalue weighted by Gasteiger charge is 2.21. The second-order valence-electron chi connectivity index (χ2n) is 4.28. The topological polar surface area (TPSA) is 64.6 Å². The monoisotopic (exact) mass is 285 g/mol. The van der Waals surface area contributed by atoms with E-state index in [1.54, 1.807) is 6.92 Å². The number of rotatable bonds is 5. The summed E-state index contributed by atoms with van der Waals surface area (Å²) in [7, 11) is 2.72. The lowest BCUT2D eigenvalue weighted by atomic mass is 10.1. The molecule has 0 aliphatic rings. The van der Waals surface area contributed by atoms with Gasteiger partial charge in [0.2, 0.25) is 0 Å². The third-order valence-corrected chi connectivity index (χ3v) is 4.11. The van der Waals surface area contributed by atoms with Crippen LogP contribution >= 0.6 is 11.3 Å². The van der Waals surface area contributed by atoms with Gasteiger partial charge < -0.3 is 14.8 Å². The first kappa shape index (κ1) is 15.5. The number of thiophene rings is 1. The van der Waals surface area contributed by atoms with Crippen molar-refractivity contribution < 1.29 is 19.1 Å². The Morgan fingerprint density at radius 2 is 1.89 bits per heavy atom. The van der Waals surface area contributed by atoms with Gasteiger partial charge in [-0.05, 0) is 19.4 Å². The SMILES string of the molecule is COC(=O)c1c(NCC(C)C(=O)OC)sc(C)c1C. The van der Waals surface area contributed by atoms with Crippen LogP contribution in [0.5, 0.6) is 0 Å². The summed E-state index contributed by atoms with van der Waals surface area (Å²) in [5.74, 6) is -0.926. The molecule has 1 aromatic rings. The minimum atomic E-state index is -0.366. The van der Waals surface area contributed by atoms with Crippen molar-refractivity contribution >= 4 is 28.3 Å². The molecule has 0 saturated carbocycles. The number of hydrogen-bond donors (Lipinski definition) is 1. The van der Waals surface area contributed by atoms with E-state index in [4.69, 9.17) is 4.74 Å². The van der Waals surface area contributed by atoms with Crippen LogP contribution in [-0.4, -0.2) is 32.7 Å². The van der Waals surface area contributed by atoms with Crippen LogP contribution in [0.2, 0.25) is 0 Å². The zero-order valence-corrected chi connectivity index (χ0v) is 12.6. The fraction of sp³-hybridized carbons (Fsp3) is 0.538. The summed E-state index contributed by atoms with van der Waals surface area (Å²) in [5.41, 5.74) is 1.45. The molecule has 0 aliphatic heterocycles. The van der Waals surface area contributed by atoms with Crippen molar-refractivity contribution in [2.24, 2.45) is 5.92 Å². The quantitative estimate of drug-likeness (QED) is 0.841. The molecule has 0 fully saturated rings. The highest BCUT2D eigenvalue weighted by atomic mass is 32.1. The molecule has 6 heteroatoms. The fourth-order valence-corrected chi connectivity index (χ4v) is 2.68. The molecule has 19 heavy (non-hydrogen) atoms. The number of carbonyl (C=O) groups is 2. The van der Waals surface area contributed by atoms with Crippen molar-refractivity contribution in [3.8, 4) is 0 Å². The van der Waals surface area contributed by atoms with Gasteiger partial charge in [-0.1, -0.05) is 6.92 Å². The van der Waals surface area contributed by atoms with Crippen molar-refractivity contribution in [1.82, 2.24) is 0 Å². The summed E-state index contributed by atoms with van der Waals surface area (Å²) in [4.78, 5) is 24.1. The van der Waals surface area contributed by atoms with Gasteiger partial charge >= 0.3 is 11.9 Å². The van der Waals surface area contributed by atoms with Gasteiger partial charge in [0, 0.05) is 11.4 Å². The van der Waals surface area contributed by atoms with Gasteiger partial charge in [0.1, 0.15) is 5.00 Å². The average Bonchev–Trinajstić information content (AvgIpc) is 2.69. The molecule has 5 nitrogen and oxygen atoms in total. The smallest absolute Gasteiger partial charge is 0.341 e. The summed E-state index contributed by atoms with van der Waals surface area (Å²) in [6, 6.07) is 0. The number of methoxy groups -OCH3 is 2. The predicted molar refractivity (Wildman–Crippen MR) is 74.8 cm³/mol. The largest absolute Gasteiger partial charge is 0.469 e. The third-order valence-electron chi connectivity index (χ3n) is 2.95. The second kappa shape index (κ2) is 6.56. The predicted octanol–water partition coefficient (Wildman–Crippen LogP) is 2.37. The molecule has 106 valence electrons. The van der Waals surface area contributed by atoms with Crippen LogP contribution in [-0.2, 0) is 14.3 Å². The fourth-order valence-electron chi connectivity index (χ4n) is 1.63. The normalized spacial score (nSPS) is 11.8. The van der Waals surface area contributed by atoms with Crippen molar-refractivity contribution in [3.63, 3.8) is 0 Å². The molecule has 1 heterocycles. The van der Waals surface area contributed by atoms with Crippen molar-refractivity contribution in [2.75, 3.05) is 26.1 Å². The number of aryl methyl sites for hydroxylation is 1. The Hall–Kier alpha value is -1.56. The van der Waals surface area contributed by atoms with E-state index in [1.165, 1.54) is 25.6 Å². The van der Waals surface area contributed by atoms with Gasteiger partial charge in [0.25, 0.3) is 0 Å². The number of esters is 2. The van der Waals surface area contributed by atoms with Crippen LogP contribution in [0.1, 0.15) is 27.7 Å². The lowest BCUT2D eigenvalue weighted by molar-refractivity contribution is -0.144. The summed E-state index contributed by atoms with van der Waals surface area (Å²) in [6.45, 7) is 6.01. The number of anilines is 1. The summed E-state index contributed by atoms with van der Waals surface area (Å²) < 4.78 is 9.44. The minimum absolute atomic E-state index is 0.279. The van der Waals surface area contributed by atoms with Crippen molar-refractivity contribution in [3.05, 3.63) is 16.0 Å². The van der Waals surface area contributed by atoms with E-state index in [0.29, 0.717) is 12.1 Å². The van der Waals surface area contributed by atoms with Crippen LogP contribution < -0.4 is 5.32 Å². The number of hydrogen-bond acceptors (Lipinski definition) is 6. The Kier molecular flexibility index (Phi) is 5.35. The molecule has 0 spiro atoms. The van der Waals surface area contributed by atoms with E-state index in [0.717, 1.165) is 15.4 Å². The molecular formula is C13H19NO4S. The number of nitrogens with one attached hydrogen (secondary N) is 1. The highest BCUT2D eigenvalue weighted by Crippen LogP contribution is 2.33. The molecule has 1 rings (SSSR count). The summed E-state index contributed by atoms with van der Waals surface area (Å²) in [5, 5.41) is 3.86. The molecule has 1 N–H and O–H groups in total. The number of carbonyl (C=O) groups excluding carboxylic acids is 2.